The third-order valence-electron chi connectivity index (χ3n) is 9.65. The van der Waals surface area contributed by atoms with E-state index in [0.717, 1.165) is 30.8 Å². The number of thioether (sulfide) groups is 1. The number of nitrogens with two attached hydrogens (primary N) is 1. The Morgan fingerprint density at radius 2 is 1.41 bits per heavy atom. The van der Waals surface area contributed by atoms with Crippen LogP contribution in [0.4, 0.5) is 0 Å². The molecule has 12 nitrogen and oxygen atoms in total. The van der Waals surface area contributed by atoms with Crippen molar-refractivity contribution >= 4 is 84.0 Å². The van der Waals surface area contributed by atoms with Gasteiger partial charge in [-0.3, -0.25) is 19.2 Å². The molecule has 4 rings (SSSR count). The smallest absolute Gasteiger partial charge is 0.465 e. The average Bonchev–Trinajstić information content (AvgIpc) is 3.49. The van der Waals surface area contributed by atoms with Crippen molar-refractivity contribution in [3.63, 3.8) is 0 Å². The average molecular weight is 872 g/mol. The summed E-state index contributed by atoms with van der Waals surface area (Å²) in [5, 5.41) is 4.92. The van der Waals surface area contributed by atoms with Gasteiger partial charge in [-0.1, -0.05) is 0 Å². The first kappa shape index (κ1) is 44.6. The molecule has 0 bridgehead atoms. The van der Waals surface area contributed by atoms with Crippen LogP contribution in [0.25, 0.3) is 0 Å². The zero-order valence-corrected chi connectivity index (χ0v) is 35.2. The summed E-state index contributed by atoms with van der Waals surface area (Å²) in [5.74, 6) is -3.17. The second kappa shape index (κ2) is 21.4. The molecule has 0 radical (unpaired) electrons. The van der Waals surface area contributed by atoms with Crippen molar-refractivity contribution in [3.05, 3.63) is 91.0 Å². The zero-order valence-electron chi connectivity index (χ0n) is 31.9. The first-order valence-electron chi connectivity index (χ1n) is 18.9. The molecule has 1 heterocycles. The Hall–Kier alpha value is -4.10. The minimum atomic E-state index is -3.10. The summed E-state index contributed by atoms with van der Waals surface area (Å²) >= 11 is 5.57. The standard InChI is InChI=1S/C41H52BrN4O8PS/c1-3-53-38(49)28-44-39(50)34(45-36(47)24-23-33(43)41(52)54-4-2)29-56-35-27-37(48)46(40(35)51)25-15-8-16-26-55(42,30-17-9-5-10-18-30,31-19-11-6-12-20-31)32-21-13-7-14-22-32/h5-7,9-14,17-22,33-35H,3-4,8,15-16,23-29,43H2,1-2H3,(H,44,50)(H,45,47)/t33-,34-,35?/m0/s1. The number of rotatable bonds is 22. The van der Waals surface area contributed by atoms with E-state index in [1.165, 1.54) is 20.8 Å². The molecule has 4 N–H and O–H groups in total. The van der Waals surface area contributed by atoms with Crippen LogP contribution in [0.15, 0.2) is 91.0 Å². The molecule has 1 saturated heterocycles. The number of amides is 4. The van der Waals surface area contributed by atoms with Crippen molar-refractivity contribution in [2.75, 3.05) is 38.2 Å². The van der Waals surface area contributed by atoms with Gasteiger partial charge in [0.15, 0.2) is 0 Å². The fourth-order valence-electron chi connectivity index (χ4n) is 6.73. The summed E-state index contributed by atoms with van der Waals surface area (Å²) < 4.78 is 9.76. The number of nitrogens with one attached hydrogen (secondary N) is 2. The molecular weight excluding hydrogens is 819 g/mol. The van der Waals surface area contributed by atoms with Crippen molar-refractivity contribution in [2.24, 2.45) is 5.73 Å². The topological polar surface area (TPSA) is 174 Å². The van der Waals surface area contributed by atoms with E-state index in [1.54, 1.807) is 13.8 Å². The van der Waals surface area contributed by atoms with Crippen molar-refractivity contribution in [1.29, 1.82) is 0 Å². The van der Waals surface area contributed by atoms with E-state index in [-0.39, 0.29) is 56.6 Å². The minimum Gasteiger partial charge on any atom is -0.465 e. The number of carbonyl (C=O) groups is 6. The van der Waals surface area contributed by atoms with Gasteiger partial charge < -0.3 is 20.5 Å². The van der Waals surface area contributed by atoms with Crippen molar-refractivity contribution in [2.45, 2.75) is 69.7 Å². The first-order chi connectivity index (χ1) is 26.9. The van der Waals surface area contributed by atoms with Crippen LogP contribution in [0.2, 0.25) is 0 Å². The molecule has 1 unspecified atom stereocenters. The van der Waals surface area contributed by atoms with Gasteiger partial charge in [0.25, 0.3) is 0 Å². The van der Waals surface area contributed by atoms with Gasteiger partial charge in [0.1, 0.15) is 12.6 Å². The number of likely N-dealkylation sites (tertiary alicyclic amines) is 1. The van der Waals surface area contributed by atoms with E-state index in [0.29, 0.717) is 6.42 Å². The Morgan fingerprint density at radius 1 is 0.857 bits per heavy atom. The van der Waals surface area contributed by atoms with E-state index in [4.69, 9.17) is 15.2 Å². The molecule has 56 heavy (non-hydrogen) atoms. The summed E-state index contributed by atoms with van der Waals surface area (Å²) in [6, 6.07) is 29.5. The minimum absolute atomic E-state index is 0.0106. The van der Waals surface area contributed by atoms with Gasteiger partial charge in [0, 0.05) is 6.42 Å². The van der Waals surface area contributed by atoms with Crippen molar-refractivity contribution < 1.29 is 38.2 Å². The van der Waals surface area contributed by atoms with Crippen LogP contribution in [0, 0.1) is 0 Å². The number of esters is 2. The van der Waals surface area contributed by atoms with Crippen molar-refractivity contribution in [1.82, 2.24) is 15.5 Å². The predicted molar refractivity (Wildman–Crippen MR) is 226 cm³/mol. The predicted octanol–water partition coefficient (Wildman–Crippen LogP) is 3.69. The zero-order chi connectivity index (χ0) is 40.6. The van der Waals surface area contributed by atoms with E-state index in [2.05, 4.69) is 98.9 Å². The Bertz CT molecular complexity index is 1710. The molecule has 15 heteroatoms. The summed E-state index contributed by atoms with van der Waals surface area (Å²) in [6.45, 7) is 3.43. The fourth-order valence-corrected chi connectivity index (χ4v) is 15.7. The fraction of sp³-hybridized carbons (Fsp3) is 0.415. The number of unbranched alkanes of at least 4 members (excludes halogenated alkanes) is 2. The molecule has 1 fully saturated rings. The normalized spacial score (nSPS) is 16.0. The maximum absolute atomic E-state index is 13.5. The Kier molecular flexibility index (Phi) is 17.1. The number of ether oxygens (including phenoxy) is 2. The van der Waals surface area contributed by atoms with E-state index < -0.39 is 52.9 Å². The van der Waals surface area contributed by atoms with Crippen molar-refractivity contribution in [3.8, 4) is 0 Å². The molecule has 1 aliphatic heterocycles. The number of nitrogens with zero attached hydrogens (tertiary/aromatic N) is 1. The number of benzene rings is 3. The molecular formula is C41H52BrN4O8PS. The summed E-state index contributed by atoms with van der Waals surface area (Å²) in [4.78, 5) is 77.6. The third kappa shape index (κ3) is 11.3. The van der Waals surface area contributed by atoms with E-state index in [9.17, 15) is 28.8 Å². The van der Waals surface area contributed by atoms with Gasteiger partial charge in [-0.25, -0.2) is 0 Å². The van der Waals surface area contributed by atoms with Crippen LogP contribution < -0.4 is 32.3 Å². The van der Waals surface area contributed by atoms with Crippen LogP contribution in [-0.2, 0) is 38.2 Å². The molecule has 4 amide bonds. The van der Waals surface area contributed by atoms with Gasteiger partial charge in [-0.2, -0.15) is 0 Å². The maximum atomic E-state index is 13.5. The molecule has 0 aliphatic carbocycles. The monoisotopic (exact) mass is 870 g/mol. The SMILES string of the molecule is CCOC(=O)CNC(=O)[C@H](CSC1CC(=O)N(CCCCCP(Br)(c2ccccc2)(c2ccccc2)c2ccccc2)C1=O)NC(=O)CC[C@H](N)C(=O)OCC. The summed E-state index contributed by atoms with van der Waals surface area (Å²) in [7, 11) is 0. The Balaban J connectivity index is 1.38. The van der Waals surface area contributed by atoms with Crippen LogP contribution in [-0.4, -0.2) is 96.0 Å². The molecule has 3 atom stereocenters. The molecule has 3 aromatic carbocycles. The van der Waals surface area contributed by atoms with Gasteiger partial charge in [-0.15, -0.1) is 0 Å². The molecule has 1 aliphatic rings. The first-order valence-corrected chi connectivity index (χ1v) is 24.4. The number of imide groups is 1. The van der Waals surface area contributed by atoms with Crippen LogP contribution >= 0.6 is 32.6 Å². The van der Waals surface area contributed by atoms with Gasteiger partial charge in [-0.05, 0) is 20.3 Å². The Morgan fingerprint density at radius 3 is 1.95 bits per heavy atom. The summed E-state index contributed by atoms with van der Waals surface area (Å²) in [5.41, 5.74) is 5.82. The molecule has 0 spiro atoms. The van der Waals surface area contributed by atoms with Gasteiger partial charge >= 0.3 is 244 Å². The molecule has 3 aromatic rings. The molecule has 0 aromatic heterocycles. The van der Waals surface area contributed by atoms with Gasteiger partial charge in [0.05, 0.1) is 13.2 Å². The second-order valence-electron chi connectivity index (χ2n) is 13.4. The van der Waals surface area contributed by atoms with E-state index >= 15 is 0 Å². The number of hydrogen-bond acceptors (Lipinski definition) is 10. The summed E-state index contributed by atoms with van der Waals surface area (Å²) in [6.07, 6.45) is 2.87. The number of hydrogen-bond donors (Lipinski definition) is 3. The van der Waals surface area contributed by atoms with Crippen LogP contribution in [0.5, 0.6) is 0 Å². The van der Waals surface area contributed by atoms with Crippen LogP contribution in [0.1, 0.15) is 52.4 Å². The Labute approximate surface area is 341 Å². The quantitative estimate of drug-likeness (QED) is 0.0585. The number of carbonyl (C=O) groups excluding carboxylic acids is 6. The molecule has 0 saturated carbocycles. The molecule has 302 valence electrons. The van der Waals surface area contributed by atoms with E-state index in [1.807, 2.05) is 18.2 Å². The van der Waals surface area contributed by atoms with Gasteiger partial charge in [0.2, 0.25) is 5.91 Å². The van der Waals surface area contributed by atoms with Crippen LogP contribution in [0.3, 0.4) is 0 Å². The third-order valence-corrected chi connectivity index (χ3v) is 21.0. The number of halogens is 1. The second-order valence-corrected chi connectivity index (χ2v) is 23.7.